The number of phosphoric ester groups is 1. The number of phosphoric acid groups is 2. The normalized spacial score (nSPS) is 12.5. The lowest BCUT2D eigenvalue weighted by Crippen LogP contribution is -2.02. The number of hydrogen-bond acceptors (Lipinski definition) is 5. The van der Waals surface area contributed by atoms with Gasteiger partial charge in [-0.3, -0.25) is 9.05 Å². The molecule has 188 valence electrons. The minimum absolute atomic E-state index is 0.102. The van der Waals surface area contributed by atoms with Crippen molar-refractivity contribution in [2.24, 2.45) is 0 Å². The maximum absolute atomic E-state index is 12.5. The lowest BCUT2D eigenvalue weighted by molar-refractivity contribution is 0.136. The van der Waals surface area contributed by atoms with Gasteiger partial charge in [0.15, 0.2) is 0 Å². The van der Waals surface area contributed by atoms with E-state index in [1.165, 1.54) is 64.2 Å². The molecule has 0 spiro atoms. The Morgan fingerprint density at radius 1 is 0.516 bits per heavy atom. The van der Waals surface area contributed by atoms with Crippen molar-refractivity contribution in [3.63, 3.8) is 0 Å². The van der Waals surface area contributed by atoms with Crippen LogP contribution >= 0.6 is 15.6 Å². The molecule has 0 heterocycles. The molecule has 0 aromatic carbocycles. The average molecular weight is 487 g/mol. The minimum atomic E-state index is -4.96. The highest BCUT2D eigenvalue weighted by molar-refractivity contribution is 7.61. The molecule has 0 unspecified atom stereocenters. The summed E-state index contributed by atoms with van der Waals surface area (Å²) in [5, 5.41) is 0. The third kappa shape index (κ3) is 23.2. The first kappa shape index (κ1) is 31.3. The fourth-order valence-electron chi connectivity index (χ4n) is 3.39. The molecule has 0 saturated heterocycles. The largest absolute Gasteiger partial charge is 0.483 e. The van der Waals surface area contributed by atoms with E-state index in [1.54, 1.807) is 0 Å². The Morgan fingerprint density at radius 3 is 1.10 bits per heavy atom. The van der Waals surface area contributed by atoms with E-state index in [-0.39, 0.29) is 13.2 Å². The lowest BCUT2D eigenvalue weighted by Gasteiger charge is -2.18. The zero-order chi connectivity index (χ0) is 23.3. The second-order valence-corrected chi connectivity index (χ2v) is 11.4. The molecular formula is C22H48O7P2. The molecule has 0 saturated carbocycles. The van der Waals surface area contributed by atoms with Gasteiger partial charge in [0, 0.05) is 0 Å². The topological polar surface area (TPSA) is 102 Å². The first-order valence-corrected chi connectivity index (χ1v) is 15.5. The van der Waals surface area contributed by atoms with Crippen LogP contribution in [0.15, 0.2) is 0 Å². The van der Waals surface area contributed by atoms with E-state index in [0.717, 1.165) is 38.5 Å². The van der Waals surface area contributed by atoms with Gasteiger partial charge in [0.1, 0.15) is 0 Å². The van der Waals surface area contributed by atoms with Gasteiger partial charge in [-0.1, -0.05) is 117 Å². The summed E-state index contributed by atoms with van der Waals surface area (Å²) < 4.78 is 38.4. The summed E-state index contributed by atoms with van der Waals surface area (Å²) in [6, 6.07) is 0. The summed E-state index contributed by atoms with van der Waals surface area (Å²) in [7, 11) is -9.21. The van der Waals surface area contributed by atoms with Crippen LogP contribution in [0.3, 0.4) is 0 Å². The summed E-state index contributed by atoms with van der Waals surface area (Å²) in [5.74, 6) is 0. The summed E-state index contributed by atoms with van der Waals surface area (Å²) in [5.41, 5.74) is 0. The number of hydrogen-bond donors (Lipinski definition) is 2. The van der Waals surface area contributed by atoms with Gasteiger partial charge in [0.2, 0.25) is 0 Å². The summed E-state index contributed by atoms with van der Waals surface area (Å²) >= 11 is 0. The summed E-state index contributed by atoms with van der Waals surface area (Å²) in [6.07, 6.45) is 20.3. The van der Waals surface area contributed by atoms with Crippen LogP contribution in [-0.2, 0) is 22.5 Å². The van der Waals surface area contributed by atoms with E-state index in [0.29, 0.717) is 12.8 Å². The summed E-state index contributed by atoms with van der Waals surface area (Å²) in [4.78, 5) is 18.1. The van der Waals surface area contributed by atoms with Gasteiger partial charge < -0.3 is 9.79 Å². The lowest BCUT2D eigenvalue weighted by atomic mass is 10.1. The third-order valence-corrected chi connectivity index (χ3v) is 7.85. The van der Waals surface area contributed by atoms with Gasteiger partial charge in [-0.25, -0.2) is 9.13 Å². The SMILES string of the molecule is CCCCCCCCCCCOP(=O)(OCCCCCCCCCCC)OP(=O)(O)O. The Kier molecular flexibility index (Phi) is 21.0. The Hall–Kier alpha value is 0.260. The molecule has 0 fully saturated rings. The van der Waals surface area contributed by atoms with Crippen LogP contribution in [0.5, 0.6) is 0 Å². The monoisotopic (exact) mass is 486 g/mol. The molecule has 0 rings (SSSR count). The predicted octanol–water partition coefficient (Wildman–Crippen LogP) is 8.30. The molecule has 0 aliphatic heterocycles. The maximum Gasteiger partial charge on any atom is 0.483 e. The van der Waals surface area contributed by atoms with E-state index in [4.69, 9.17) is 18.8 Å². The quantitative estimate of drug-likeness (QED) is 0.104. The van der Waals surface area contributed by atoms with Crippen molar-refractivity contribution in [2.45, 2.75) is 129 Å². The predicted molar refractivity (Wildman–Crippen MR) is 127 cm³/mol. The molecule has 0 radical (unpaired) electrons. The van der Waals surface area contributed by atoms with Crippen LogP contribution in [0.2, 0.25) is 0 Å². The fraction of sp³-hybridized carbons (Fsp3) is 1.00. The van der Waals surface area contributed by atoms with Crippen LogP contribution in [0, 0.1) is 0 Å². The van der Waals surface area contributed by atoms with E-state index >= 15 is 0 Å². The van der Waals surface area contributed by atoms with Crippen LogP contribution in [0.1, 0.15) is 129 Å². The summed E-state index contributed by atoms with van der Waals surface area (Å²) in [6.45, 7) is 4.61. The molecule has 0 bridgehead atoms. The Balaban J connectivity index is 3.93. The molecule has 0 aliphatic carbocycles. The van der Waals surface area contributed by atoms with E-state index in [2.05, 4.69) is 18.2 Å². The Labute approximate surface area is 190 Å². The first-order chi connectivity index (χ1) is 14.8. The van der Waals surface area contributed by atoms with Crippen molar-refractivity contribution < 1.29 is 32.3 Å². The van der Waals surface area contributed by atoms with Gasteiger partial charge in [0.25, 0.3) is 0 Å². The van der Waals surface area contributed by atoms with Gasteiger partial charge in [-0.15, -0.1) is 0 Å². The van der Waals surface area contributed by atoms with Crippen molar-refractivity contribution in [1.82, 2.24) is 0 Å². The second-order valence-electron chi connectivity index (χ2n) is 8.34. The van der Waals surface area contributed by atoms with E-state index in [1.807, 2.05) is 0 Å². The van der Waals surface area contributed by atoms with Crippen molar-refractivity contribution in [1.29, 1.82) is 0 Å². The highest BCUT2D eigenvalue weighted by Crippen LogP contribution is 2.61. The van der Waals surface area contributed by atoms with Crippen molar-refractivity contribution in [2.75, 3.05) is 13.2 Å². The average Bonchev–Trinajstić information content (AvgIpc) is 2.69. The third-order valence-electron chi connectivity index (χ3n) is 5.20. The zero-order valence-corrected chi connectivity index (χ0v) is 21.8. The van der Waals surface area contributed by atoms with Crippen LogP contribution in [-0.4, -0.2) is 23.0 Å². The number of rotatable bonds is 24. The van der Waals surface area contributed by atoms with Crippen molar-refractivity contribution >= 4 is 15.6 Å². The molecular weight excluding hydrogens is 438 g/mol. The van der Waals surface area contributed by atoms with Gasteiger partial charge >= 0.3 is 15.6 Å². The number of unbranched alkanes of at least 4 members (excludes halogenated alkanes) is 16. The van der Waals surface area contributed by atoms with E-state index < -0.39 is 15.6 Å². The molecule has 0 atom stereocenters. The molecule has 2 N–H and O–H groups in total. The molecule has 0 aliphatic rings. The van der Waals surface area contributed by atoms with Crippen molar-refractivity contribution in [3.05, 3.63) is 0 Å². The highest BCUT2D eigenvalue weighted by atomic mass is 31.3. The minimum Gasteiger partial charge on any atom is -0.302 e. The maximum atomic E-state index is 12.5. The molecule has 9 heteroatoms. The van der Waals surface area contributed by atoms with E-state index in [9.17, 15) is 9.13 Å². The van der Waals surface area contributed by atoms with Gasteiger partial charge in [-0.2, -0.15) is 4.31 Å². The van der Waals surface area contributed by atoms with Crippen LogP contribution < -0.4 is 0 Å². The standard InChI is InChI=1S/C22H48O7P2/c1-3-5-7-9-11-13-15-17-19-21-27-31(26,29-30(23,24)25)28-22-20-18-16-14-12-10-8-6-4-2/h3-22H2,1-2H3,(H2,23,24,25). The second kappa shape index (κ2) is 20.8. The Morgan fingerprint density at radius 2 is 0.806 bits per heavy atom. The fourth-order valence-corrected chi connectivity index (χ4v) is 5.59. The Bertz CT molecular complexity index is 454. The molecule has 0 aromatic rings. The molecule has 0 aromatic heterocycles. The molecule has 7 nitrogen and oxygen atoms in total. The first-order valence-electron chi connectivity index (χ1n) is 12.5. The zero-order valence-electron chi connectivity index (χ0n) is 20.0. The molecule has 0 amide bonds. The van der Waals surface area contributed by atoms with Gasteiger partial charge in [0.05, 0.1) is 13.2 Å². The van der Waals surface area contributed by atoms with Crippen molar-refractivity contribution in [3.8, 4) is 0 Å². The van der Waals surface area contributed by atoms with Gasteiger partial charge in [-0.05, 0) is 12.8 Å². The smallest absolute Gasteiger partial charge is 0.302 e. The van der Waals surface area contributed by atoms with Crippen LogP contribution in [0.4, 0.5) is 0 Å². The molecule has 31 heavy (non-hydrogen) atoms. The highest BCUT2D eigenvalue weighted by Gasteiger charge is 2.35. The van der Waals surface area contributed by atoms with Crippen LogP contribution in [0.25, 0.3) is 0 Å².